The topological polar surface area (TPSA) is 61.6 Å². The first-order valence-electron chi connectivity index (χ1n) is 11.5. The van der Waals surface area contributed by atoms with Gasteiger partial charge in [-0.2, -0.15) is 0 Å². The van der Waals surface area contributed by atoms with Crippen LogP contribution >= 0.6 is 0 Å². The van der Waals surface area contributed by atoms with Gasteiger partial charge in [0.15, 0.2) is 0 Å². The number of rotatable bonds is 1. The molecular formula is C22H40N4O. The Morgan fingerprint density at radius 3 is 2.19 bits per heavy atom. The summed E-state index contributed by atoms with van der Waals surface area (Å²) in [7, 11) is 2.03. The van der Waals surface area contributed by atoms with E-state index in [-0.39, 0.29) is 11.6 Å². The summed E-state index contributed by atoms with van der Waals surface area (Å²) in [6, 6.07) is 0.744. The number of nitrogens with one attached hydrogen (secondary N) is 1. The van der Waals surface area contributed by atoms with Gasteiger partial charge < -0.3 is 16.0 Å². The molecule has 2 atom stereocenters. The van der Waals surface area contributed by atoms with Crippen LogP contribution in [0, 0.1) is 5.41 Å². The quantitative estimate of drug-likeness (QED) is 0.738. The average molecular weight is 377 g/mol. The Kier molecular flexibility index (Phi) is 5.82. The standard InChI is InChI=1S/C22H40N4O/c1-25-19(27)8-11-22(25)12-14-26(15-13-22)20-18(23)16-24-17-21(20)9-6-4-2-3-5-7-10-21/h18,20,24H,2-17,23H2,1H3. The van der Waals surface area contributed by atoms with Crippen LogP contribution in [-0.4, -0.2) is 66.6 Å². The third kappa shape index (κ3) is 3.67. The van der Waals surface area contributed by atoms with E-state index < -0.39 is 0 Å². The molecule has 0 aromatic rings. The van der Waals surface area contributed by atoms with Crippen LogP contribution in [0.4, 0.5) is 0 Å². The van der Waals surface area contributed by atoms with Gasteiger partial charge in [0.25, 0.3) is 0 Å². The number of amides is 1. The summed E-state index contributed by atoms with van der Waals surface area (Å²) < 4.78 is 0. The van der Waals surface area contributed by atoms with Crippen molar-refractivity contribution < 1.29 is 4.79 Å². The molecule has 3 N–H and O–H groups in total. The first-order chi connectivity index (χ1) is 13.1. The van der Waals surface area contributed by atoms with Crippen LogP contribution in [-0.2, 0) is 4.79 Å². The molecule has 0 aromatic carbocycles. The maximum absolute atomic E-state index is 12.1. The van der Waals surface area contributed by atoms with Gasteiger partial charge in [0.1, 0.15) is 0 Å². The molecule has 0 bridgehead atoms. The Morgan fingerprint density at radius 2 is 1.59 bits per heavy atom. The second-order valence-electron chi connectivity index (χ2n) is 9.94. The Morgan fingerprint density at radius 1 is 0.963 bits per heavy atom. The molecule has 0 aromatic heterocycles. The molecule has 3 aliphatic heterocycles. The van der Waals surface area contributed by atoms with Gasteiger partial charge in [-0.1, -0.05) is 38.5 Å². The second-order valence-corrected chi connectivity index (χ2v) is 9.94. The molecule has 154 valence electrons. The van der Waals surface area contributed by atoms with Crippen LogP contribution in [0.2, 0.25) is 0 Å². The van der Waals surface area contributed by atoms with Crippen molar-refractivity contribution in [2.24, 2.45) is 11.1 Å². The number of hydrogen-bond acceptors (Lipinski definition) is 4. The zero-order valence-electron chi connectivity index (χ0n) is 17.3. The molecule has 2 spiro atoms. The van der Waals surface area contributed by atoms with Gasteiger partial charge in [-0.3, -0.25) is 9.69 Å². The van der Waals surface area contributed by atoms with Crippen LogP contribution < -0.4 is 11.1 Å². The minimum absolute atomic E-state index is 0.135. The van der Waals surface area contributed by atoms with E-state index in [0.29, 0.717) is 17.4 Å². The van der Waals surface area contributed by atoms with E-state index in [2.05, 4.69) is 15.1 Å². The van der Waals surface area contributed by atoms with Crippen molar-refractivity contribution in [1.29, 1.82) is 0 Å². The van der Waals surface area contributed by atoms with Gasteiger partial charge in [-0.25, -0.2) is 0 Å². The molecule has 4 fully saturated rings. The minimum Gasteiger partial charge on any atom is -0.340 e. The zero-order valence-corrected chi connectivity index (χ0v) is 17.3. The van der Waals surface area contributed by atoms with Crippen LogP contribution in [0.1, 0.15) is 77.0 Å². The Hall–Kier alpha value is -0.650. The van der Waals surface area contributed by atoms with E-state index in [1.165, 1.54) is 51.4 Å². The van der Waals surface area contributed by atoms with Crippen molar-refractivity contribution in [2.45, 2.75) is 94.7 Å². The highest BCUT2D eigenvalue weighted by molar-refractivity contribution is 5.79. The Labute approximate surface area is 165 Å². The Bertz CT molecular complexity index is 518. The molecular weight excluding hydrogens is 336 g/mol. The number of nitrogens with two attached hydrogens (primary N) is 1. The maximum Gasteiger partial charge on any atom is 0.222 e. The van der Waals surface area contributed by atoms with E-state index in [0.717, 1.165) is 51.9 Å². The van der Waals surface area contributed by atoms with Crippen molar-refractivity contribution in [3.63, 3.8) is 0 Å². The third-order valence-corrected chi connectivity index (χ3v) is 8.50. The lowest BCUT2D eigenvalue weighted by molar-refractivity contribution is -0.131. The van der Waals surface area contributed by atoms with Crippen molar-refractivity contribution in [1.82, 2.24) is 15.1 Å². The van der Waals surface area contributed by atoms with E-state index in [1.54, 1.807) is 0 Å². The van der Waals surface area contributed by atoms with Gasteiger partial charge in [-0.05, 0) is 37.5 Å². The van der Waals surface area contributed by atoms with E-state index in [1.807, 2.05) is 7.05 Å². The summed E-state index contributed by atoms with van der Waals surface area (Å²) in [5.74, 6) is 0.342. The van der Waals surface area contributed by atoms with Crippen molar-refractivity contribution in [2.75, 3.05) is 33.2 Å². The first-order valence-corrected chi connectivity index (χ1v) is 11.5. The number of nitrogens with zero attached hydrogens (tertiary/aromatic N) is 2. The number of hydrogen-bond donors (Lipinski definition) is 2. The first kappa shape index (κ1) is 19.7. The lowest BCUT2D eigenvalue weighted by Crippen LogP contribution is -2.68. The second kappa shape index (κ2) is 8.00. The van der Waals surface area contributed by atoms with Crippen molar-refractivity contribution >= 4 is 5.91 Å². The fourth-order valence-corrected chi connectivity index (χ4v) is 6.82. The highest BCUT2D eigenvalue weighted by atomic mass is 16.2. The molecule has 4 rings (SSSR count). The average Bonchev–Trinajstić information content (AvgIpc) is 3.00. The monoisotopic (exact) mass is 376 g/mol. The van der Waals surface area contributed by atoms with Crippen LogP contribution in [0.5, 0.6) is 0 Å². The number of carbonyl (C=O) groups excluding carboxylic acids is 1. The van der Waals surface area contributed by atoms with E-state index in [4.69, 9.17) is 5.73 Å². The van der Waals surface area contributed by atoms with Crippen LogP contribution in [0.15, 0.2) is 0 Å². The fraction of sp³-hybridized carbons (Fsp3) is 0.955. The summed E-state index contributed by atoms with van der Waals surface area (Å²) in [6.07, 6.45) is 15.0. The largest absolute Gasteiger partial charge is 0.340 e. The molecule has 4 aliphatic rings. The zero-order chi connectivity index (χ0) is 18.9. The predicted molar refractivity (Wildman–Crippen MR) is 110 cm³/mol. The SMILES string of the molecule is CN1C(=O)CCC12CCN(C1C(N)CNCC13CCCCCCCC3)CC2. The predicted octanol–water partition coefficient (Wildman–Crippen LogP) is 2.49. The highest BCUT2D eigenvalue weighted by Gasteiger charge is 2.51. The molecule has 3 saturated heterocycles. The minimum atomic E-state index is 0.135. The summed E-state index contributed by atoms with van der Waals surface area (Å²) in [4.78, 5) is 16.9. The van der Waals surface area contributed by atoms with Gasteiger partial charge in [0.05, 0.1) is 0 Å². The molecule has 27 heavy (non-hydrogen) atoms. The Balaban J connectivity index is 1.50. The molecule has 2 unspecified atom stereocenters. The molecule has 0 radical (unpaired) electrons. The molecule has 1 aliphatic carbocycles. The maximum atomic E-state index is 12.1. The van der Waals surface area contributed by atoms with Crippen molar-refractivity contribution in [3.05, 3.63) is 0 Å². The molecule has 3 heterocycles. The highest BCUT2D eigenvalue weighted by Crippen LogP contribution is 2.44. The number of carbonyl (C=O) groups is 1. The summed E-state index contributed by atoms with van der Waals surface area (Å²) in [6.45, 7) is 4.31. The summed E-state index contributed by atoms with van der Waals surface area (Å²) in [5.41, 5.74) is 7.26. The van der Waals surface area contributed by atoms with E-state index in [9.17, 15) is 4.79 Å². The summed E-state index contributed by atoms with van der Waals surface area (Å²) >= 11 is 0. The lowest BCUT2D eigenvalue weighted by atomic mass is 9.67. The molecule has 1 saturated carbocycles. The lowest BCUT2D eigenvalue weighted by Gasteiger charge is -2.55. The normalized spacial score (nSPS) is 35.2. The van der Waals surface area contributed by atoms with Gasteiger partial charge in [0.2, 0.25) is 5.91 Å². The fourth-order valence-electron chi connectivity index (χ4n) is 6.82. The molecule has 5 nitrogen and oxygen atoms in total. The van der Waals surface area contributed by atoms with E-state index >= 15 is 0 Å². The van der Waals surface area contributed by atoms with Crippen LogP contribution in [0.25, 0.3) is 0 Å². The number of piperidine rings is 2. The van der Waals surface area contributed by atoms with Gasteiger partial charge in [-0.15, -0.1) is 0 Å². The van der Waals surface area contributed by atoms with Gasteiger partial charge in [0, 0.05) is 57.3 Å². The summed E-state index contributed by atoms with van der Waals surface area (Å²) in [5, 5.41) is 3.69. The van der Waals surface area contributed by atoms with Crippen LogP contribution in [0.3, 0.4) is 0 Å². The van der Waals surface area contributed by atoms with Gasteiger partial charge >= 0.3 is 0 Å². The van der Waals surface area contributed by atoms with Crippen molar-refractivity contribution in [3.8, 4) is 0 Å². The number of likely N-dealkylation sites (tertiary alicyclic amines) is 2. The molecule has 1 amide bonds. The smallest absolute Gasteiger partial charge is 0.222 e. The molecule has 5 heteroatoms. The third-order valence-electron chi connectivity index (χ3n) is 8.50.